The first kappa shape index (κ1) is 20.5. The minimum Gasteiger partial charge on any atom is -0.397 e. The highest BCUT2D eigenvalue weighted by molar-refractivity contribution is 7.21. The molecule has 2 heterocycles. The maximum atomic E-state index is 12.9. The highest BCUT2D eigenvalue weighted by Gasteiger charge is 2.22. The molecule has 0 spiro atoms. The molecule has 0 aliphatic carbocycles. The highest BCUT2D eigenvalue weighted by Crippen LogP contribution is 2.40. The molecular formula is C22H16Cl2N4OS. The highest BCUT2D eigenvalue weighted by atomic mass is 35.5. The average Bonchev–Trinajstić information content (AvgIpc) is 3.03. The number of hydrogen-bond acceptors (Lipinski definition) is 6. The minimum absolute atomic E-state index is 0.120. The first-order valence-electron chi connectivity index (χ1n) is 9.02. The minimum atomic E-state index is -0.120. The van der Waals surface area contributed by atoms with Crippen LogP contribution in [0.1, 0.15) is 26.5 Å². The van der Waals surface area contributed by atoms with Crippen LogP contribution in [-0.4, -0.2) is 10.8 Å². The fourth-order valence-corrected chi connectivity index (χ4v) is 4.89. The molecule has 0 unspecified atom stereocenters. The molecule has 5 nitrogen and oxygen atoms in total. The molecule has 2 aromatic heterocycles. The van der Waals surface area contributed by atoms with Crippen molar-refractivity contribution in [3.63, 3.8) is 0 Å². The third-order valence-electron chi connectivity index (χ3n) is 4.62. The number of nitrogens with two attached hydrogens (primary N) is 1. The molecule has 30 heavy (non-hydrogen) atoms. The lowest BCUT2D eigenvalue weighted by Gasteiger charge is -2.06. The Hall–Kier alpha value is -2.80. The summed E-state index contributed by atoms with van der Waals surface area (Å²) in [6.45, 7) is 3.75. The molecule has 0 aliphatic heterocycles. The number of azo groups is 1. The SMILES string of the molecule is Cc1nc2sc(C(=O)c3ccccc3)c(N)c2c(C)c1N=Nc1cc(Cl)cc(Cl)c1. The number of halogens is 2. The van der Waals surface area contributed by atoms with Crippen LogP contribution in [0.4, 0.5) is 17.1 Å². The molecule has 0 atom stereocenters. The smallest absolute Gasteiger partial charge is 0.205 e. The summed E-state index contributed by atoms with van der Waals surface area (Å²) < 4.78 is 0. The van der Waals surface area contributed by atoms with Gasteiger partial charge < -0.3 is 5.73 Å². The van der Waals surface area contributed by atoms with Crippen LogP contribution in [-0.2, 0) is 0 Å². The van der Waals surface area contributed by atoms with Crippen LogP contribution in [0, 0.1) is 13.8 Å². The van der Waals surface area contributed by atoms with Gasteiger partial charge in [0.2, 0.25) is 5.78 Å². The van der Waals surface area contributed by atoms with E-state index in [4.69, 9.17) is 28.9 Å². The Labute approximate surface area is 187 Å². The maximum absolute atomic E-state index is 12.9. The fraction of sp³-hybridized carbons (Fsp3) is 0.0909. The van der Waals surface area contributed by atoms with Gasteiger partial charge in [-0.1, -0.05) is 53.5 Å². The quantitative estimate of drug-likeness (QED) is 0.256. The molecule has 4 rings (SSSR count). The van der Waals surface area contributed by atoms with Gasteiger partial charge in [0, 0.05) is 21.0 Å². The summed E-state index contributed by atoms with van der Waals surface area (Å²) in [5.41, 5.74) is 10.0. The van der Waals surface area contributed by atoms with Crippen molar-refractivity contribution in [2.45, 2.75) is 13.8 Å². The van der Waals surface area contributed by atoms with Crippen molar-refractivity contribution in [2.24, 2.45) is 10.2 Å². The van der Waals surface area contributed by atoms with Crippen molar-refractivity contribution in [1.29, 1.82) is 0 Å². The molecule has 0 fully saturated rings. The number of hydrogen-bond donors (Lipinski definition) is 1. The fourth-order valence-electron chi connectivity index (χ4n) is 3.21. The van der Waals surface area contributed by atoms with Crippen LogP contribution in [0.5, 0.6) is 0 Å². The Morgan fingerprint density at radius 1 is 1.03 bits per heavy atom. The standard InChI is InChI=1S/C22H16Cl2N4OS/c1-11-17-18(25)21(20(29)13-6-4-3-5-7-13)30-22(17)26-12(2)19(11)28-27-16-9-14(23)8-15(24)10-16/h3-10H,25H2,1-2H3. The molecule has 2 N–H and O–H groups in total. The van der Waals surface area contributed by atoms with E-state index in [2.05, 4.69) is 15.2 Å². The van der Waals surface area contributed by atoms with Crippen molar-refractivity contribution >= 4 is 67.6 Å². The summed E-state index contributed by atoms with van der Waals surface area (Å²) >= 11 is 13.4. The molecule has 0 bridgehead atoms. The summed E-state index contributed by atoms with van der Waals surface area (Å²) in [6, 6.07) is 14.0. The predicted molar refractivity (Wildman–Crippen MR) is 124 cm³/mol. The molecule has 0 aliphatic rings. The van der Waals surface area contributed by atoms with Gasteiger partial charge in [-0.05, 0) is 37.6 Å². The predicted octanol–water partition coefficient (Wildman–Crippen LogP) is 7.45. The number of nitrogen functional groups attached to an aromatic ring is 1. The molecule has 4 aromatic rings. The van der Waals surface area contributed by atoms with Crippen molar-refractivity contribution in [1.82, 2.24) is 4.98 Å². The topological polar surface area (TPSA) is 80.7 Å². The van der Waals surface area contributed by atoms with Gasteiger partial charge in [0.15, 0.2) is 0 Å². The second-order valence-corrected chi connectivity index (χ2v) is 8.59. The van der Waals surface area contributed by atoms with Gasteiger partial charge in [0.1, 0.15) is 15.4 Å². The Bertz CT molecular complexity index is 1300. The molecule has 0 saturated carbocycles. The number of nitrogens with zero attached hydrogens (tertiary/aromatic N) is 3. The third-order valence-corrected chi connectivity index (χ3v) is 6.16. The van der Waals surface area contributed by atoms with Gasteiger partial charge in [-0.2, -0.15) is 5.11 Å². The van der Waals surface area contributed by atoms with E-state index in [1.807, 2.05) is 32.0 Å². The molecule has 0 saturated heterocycles. The largest absolute Gasteiger partial charge is 0.397 e. The normalized spacial score (nSPS) is 11.5. The number of pyridine rings is 1. The van der Waals surface area contributed by atoms with E-state index < -0.39 is 0 Å². The number of thiophene rings is 1. The van der Waals surface area contributed by atoms with Crippen LogP contribution in [0.3, 0.4) is 0 Å². The van der Waals surface area contributed by atoms with Crippen LogP contribution < -0.4 is 5.73 Å². The van der Waals surface area contributed by atoms with Crippen LogP contribution in [0.15, 0.2) is 58.8 Å². The van der Waals surface area contributed by atoms with E-state index >= 15 is 0 Å². The first-order valence-corrected chi connectivity index (χ1v) is 10.6. The van der Waals surface area contributed by atoms with E-state index in [1.54, 1.807) is 30.3 Å². The van der Waals surface area contributed by atoms with Crippen LogP contribution in [0.2, 0.25) is 10.0 Å². The number of carbonyl (C=O) groups excluding carboxylic acids is 1. The zero-order chi connectivity index (χ0) is 21.4. The molecule has 150 valence electrons. The molecule has 2 aromatic carbocycles. The van der Waals surface area contributed by atoms with E-state index in [-0.39, 0.29) is 5.78 Å². The number of anilines is 1. The molecule has 8 heteroatoms. The Morgan fingerprint density at radius 2 is 1.70 bits per heavy atom. The zero-order valence-corrected chi connectivity index (χ0v) is 18.4. The van der Waals surface area contributed by atoms with Gasteiger partial charge in [-0.3, -0.25) is 4.79 Å². The van der Waals surface area contributed by atoms with Crippen LogP contribution >= 0.6 is 34.5 Å². The lowest BCUT2D eigenvalue weighted by atomic mass is 10.1. The summed E-state index contributed by atoms with van der Waals surface area (Å²) in [5.74, 6) is -0.120. The number of carbonyl (C=O) groups is 1. The van der Waals surface area contributed by atoms with Crippen molar-refractivity contribution in [2.75, 3.05) is 5.73 Å². The zero-order valence-electron chi connectivity index (χ0n) is 16.1. The summed E-state index contributed by atoms with van der Waals surface area (Å²) in [6.07, 6.45) is 0. The van der Waals surface area contributed by atoms with E-state index in [0.717, 1.165) is 10.9 Å². The second-order valence-electron chi connectivity index (χ2n) is 6.72. The second kappa shape index (κ2) is 8.14. The van der Waals surface area contributed by atoms with Gasteiger partial charge >= 0.3 is 0 Å². The summed E-state index contributed by atoms with van der Waals surface area (Å²) in [7, 11) is 0. The van der Waals surface area contributed by atoms with Gasteiger partial charge in [-0.25, -0.2) is 4.98 Å². The van der Waals surface area contributed by atoms with Crippen molar-refractivity contribution in [3.8, 4) is 0 Å². The number of aromatic nitrogens is 1. The lowest BCUT2D eigenvalue weighted by molar-refractivity contribution is 0.104. The number of fused-ring (bicyclic) bond motifs is 1. The third kappa shape index (κ3) is 3.81. The Kier molecular flexibility index (Phi) is 5.56. The van der Waals surface area contributed by atoms with E-state index in [9.17, 15) is 4.79 Å². The Balaban J connectivity index is 1.80. The monoisotopic (exact) mass is 454 g/mol. The molecule has 0 radical (unpaired) electrons. The number of rotatable bonds is 4. The van der Waals surface area contributed by atoms with E-state index in [0.29, 0.717) is 48.1 Å². The van der Waals surface area contributed by atoms with Crippen LogP contribution in [0.25, 0.3) is 10.2 Å². The van der Waals surface area contributed by atoms with Crippen molar-refractivity contribution < 1.29 is 4.79 Å². The van der Waals surface area contributed by atoms with Gasteiger partial charge in [0.05, 0.1) is 17.1 Å². The lowest BCUT2D eigenvalue weighted by Crippen LogP contribution is -2.01. The average molecular weight is 455 g/mol. The number of aryl methyl sites for hydroxylation is 2. The van der Waals surface area contributed by atoms with E-state index in [1.165, 1.54) is 11.3 Å². The van der Waals surface area contributed by atoms with Gasteiger partial charge in [-0.15, -0.1) is 16.5 Å². The number of benzene rings is 2. The maximum Gasteiger partial charge on any atom is 0.205 e. The summed E-state index contributed by atoms with van der Waals surface area (Å²) in [5, 5.41) is 10.3. The molecular weight excluding hydrogens is 439 g/mol. The summed E-state index contributed by atoms with van der Waals surface area (Å²) in [4.78, 5) is 18.7. The van der Waals surface area contributed by atoms with Gasteiger partial charge in [0.25, 0.3) is 0 Å². The Morgan fingerprint density at radius 3 is 2.37 bits per heavy atom. The molecule has 0 amide bonds. The number of ketones is 1. The first-order chi connectivity index (χ1) is 14.3. The van der Waals surface area contributed by atoms with Crippen molar-refractivity contribution in [3.05, 3.63) is 80.3 Å².